The van der Waals surface area contributed by atoms with Gasteiger partial charge in [0.25, 0.3) is 0 Å². The predicted molar refractivity (Wildman–Crippen MR) is 112 cm³/mol. The van der Waals surface area contributed by atoms with Crippen LogP contribution in [0.2, 0.25) is 0 Å². The van der Waals surface area contributed by atoms with Crippen molar-refractivity contribution in [3.8, 4) is 6.01 Å². The van der Waals surface area contributed by atoms with Crippen LogP contribution in [-0.4, -0.2) is 53.7 Å². The Hall–Kier alpha value is -2.85. The van der Waals surface area contributed by atoms with Gasteiger partial charge in [-0.15, -0.1) is 0 Å². The zero-order valence-electron chi connectivity index (χ0n) is 17.2. The maximum atomic E-state index is 13.1. The van der Waals surface area contributed by atoms with Gasteiger partial charge in [-0.1, -0.05) is 6.92 Å². The van der Waals surface area contributed by atoms with E-state index in [1.807, 2.05) is 6.92 Å². The summed E-state index contributed by atoms with van der Waals surface area (Å²) in [5.74, 6) is -0.545. The minimum atomic E-state index is -3.74. The molecule has 4 rings (SSSR count). The first-order chi connectivity index (χ1) is 14.9. The Morgan fingerprint density at radius 2 is 1.71 bits per heavy atom. The molecule has 10 heteroatoms. The average Bonchev–Trinajstić information content (AvgIpc) is 3.12. The number of sulfonamides is 1. The van der Waals surface area contributed by atoms with Crippen molar-refractivity contribution in [3.05, 3.63) is 42.2 Å². The van der Waals surface area contributed by atoms with Crippen molar-refractivity contribution in [3.63, 3.8) is 0 Å². The molecule has 9 nitrogen and oxygen atoms in total. The fourth-order valence-corrected chi connectivity index (χ4v) is 5.25. The van der Waals surface area contributed by atoms with E-state index < -0.39 is 10.0 Å². The molecule has 0 aliphatic carbocycles. The molecular formula is C21H24N4O5S. The molecular weight excluding hydrogens is 420 g/mol. The maximum absolute atomic E-state index is 13.1. The van der Waals surface area contributed by atoms with Crippen LogP contribution < -0.4 is 9.64 Å². The molecule has 164 valence electrons. The van der Waals surface area contributed by atoms with Crippen LogP contribution in [0.3, 0.4) is 0 Å². The summed E-state index contributed by atoms with van der Waals surface area (Å²) in [7, 11) is -3.74. The van der Waals surface area contributed by atoms with Crippen molar-refractivity contribution >= 4 is 27.5 Å². The van der Waals surface area contributed by atoms with Gasteiger partial charge in [-0.3, -0.25) is 14.5 Å². The second kappa shape index (κ2) is 8.72. The smallest absolute Gasteiger partial charge is 0.316 e. The summed E-state index contributed by atoms with van der Waals surface area (Å²) in [6, 6.07) is 6.09. The predicted octanol–water partition coefficient (Wildman–Crippen LogP) is 1.92. The number of anilines is 1. The molecule has 1 unspecified atom stereocenters. The Kier molecular flexibility index (Phi) is 6.01. The van der Waals surface area contributed by atoms with E-state index in [1.54, 1.807) is 12.4 Å². The lowest BCUT2D eigenvalue weighted by Gasteiger charge is -2.31. The highest BCUT2D eigenvalue weighted by Crippen LogP contribution is 2.27. The molecule has 1 aromatic heterocycles. The van der Waals surface area contributed by atoms with Crippen molar-refractivity contribution in [2.24, 2.45) is 0 Å². The summed E-state index contributed by atoms with van der Waals surface area (Å²) in [5.41, 5.74) is 1.39. The highest BCUT2D eigenvalue weighted by Gasteiger charge is 2.33. The molecule has 0 saturated carbocycles. The third kappa shape index (κ3) is 4.45. The molecule has 2 aromatic rings. The molecule has 2 saturated heterocycles. The van der Waals surface area contributed by atoms with Gasteiger partial charge < -0.3 is 4.74 Å². The lowest BCUT2D eigenvalue weighted by atomic mass is 10.1. The van der Waals surface area contributed by atoms with E-state index in [9.17, 15) is 18.0 Å². The SMILES string of the molecule is CCc1cnc(OC2CCCN(S(=O)(=O)c3ccc(N4C(=O)CCC4=O)cc3)C2)nc1. The van der Waals surface area contributed by atoms with Gasteiger partial charge >= 0.3 is 6.01 Å². The van der Waals surface area contributed by atoms with Crippen molar-refractivity contribution in [2.45, 2.75) is 50.0 Å². The largest absolute Gasteiger partial charge is 0.459 e. The zero-order valence-corrected chi connectivity index (χ0v) is 18.0. The number of carbonyl (C=O) groups is 2. The van der Waals surface area contributed by atoms with Gasteiger partial charge in [0.1, 0.15) is 6.10 Å². The molecule has 2 amide bonds. The monoisotopic (exact) mass is 444 g/mol. The van der Waals surface area contributed by atoms with Gasteiger partial charge in [-0.05, 0) is 49.1 Å². The zero-order chi connectivity index (χ0) is 22.0. The van der Waals surface area contributed by atoms with E-state index in [0.717, 1.165) is 16.9 Å². The summed E-state index contributed by atoms with van der Waals surface area (Å²) in [6.07, 6.45) is 5.63. The van der Waals surface area contributed by atoms with E-state index >= 15 is 0 Å². The number of aromatic nitrogens is 2. The van der Waals surface area contributed by atoms with Crippen LogP contribution in [0.25, 0.3) is 0 Å². The summed E-state index contributed by atoms with van der Waals surface area (Å²) < 4.78 is 33.5. The van der Waals surface area contributed by atoms with Crippen molar-refractivity contribution < 1.29 is 22.7 Å². The van der Waals surface area contributed by atoms with Crippen LogP contribution in [0, 0.1) is 0 Å². The number of benzene rings is 1. The summed E-state index contributed by atoms with van der Waals surface area (Å²) in [4.78, 5) is 33.4. The van der Waals surface area contributed by atoms with Crippen LogP contribution in [-0.2, 0) is 26.0 Å². The second-order valence-electron chi connectivity index (χ2n) is 7.59. The number of imide groups is 1. The molecule has 3 heterocycles. The number of hydrogen-bond acceptors (Lipinski definition) is 7. The fraction of sp³-hybridized carbons (Fsp3) is 0.429. The molecule has 1 atom stereocenters. The Morgan fingerprint density at radius 3 is 2.32 bits per heavy atom. The first kappa shape index (κ1) is 21.4. The lowest BCUT2D eigenvalue weighted by Crippen LogP contribution is -2.44. The van der Waals surface area contributed by atoms with Crippen LogP contribution in [0.5, 0.6) is 6.01 Å². The number of nitrogens with zero attached hydrogens (tertiary/aromatic N) is 4. The number of amides is 2. The van der Waals surface area contributed by atoms with Gasteiger partial charge in [-0.2, -0.15) is 4.31 Å². The Bertz CT molecular complexity index is 1050. The van der Waals surface area contributed by atoms with Crippen LogP contribution in [0.1, 0.15) is 38.2 Å². The van der Waals surface area contributed by atoms with Gasteiger partial charge in [0, 0.05) is 31.8 Å². The summed E-state index contributed by atoms with van der Waals surface area (Å²) in [6.45, 7) is 2.60. The number of rotatable bonds is 6. The fourth-order valence-electron chi connectivity index (χ4n) is 3.74. The molecule has 2 fully saturated rings. The Morgan fingerprint density at radius 1 is 1.06 bits per heavy atom. The number of ether oxygens (including phenoxy) is 1. The lowest BCUT2D eigenvalue weighted by molar-refractivity contribution is -0.121. The van der Waals surface area contributed by atoms with Gasteiger partial charge in [0.15, 0.2) is 0 Å². The highest BCUT2D eigenvalue weighted by atomic mass is 32.2. The second-order valence-corrected chi connectivity index (χ2v) is 9.53. The molecule has 0 spiro atoms. The van der Waals surface area contributed by atoms with E-state index in [-0.39, 0.29) is 48.2 Å². The van der Waals surface area contributed by atoms with Crippen LogP contribution >= 0.6 is 0 Å². The van der Waals surface area contributed by atoms with Crippen molar-refractivity contribution in [1.82, 2.24) is 14.3 Å². The van der Waals surface area contributed by atoms with E-state index in [1.165, 1.54) is 28.6 Å². The molecule has 31 heavy (non-hydrogen) atoms. The van der Waals surface area contributed by atoms with Crippen molar-refractivity contribution in [2.75, 3.05) is 18.0 Å². The summed E-state index contributed by atoms with van der Waals surface area (Å²) >= 11 is 0. The third-order valence-corrected chi connectivity index (χ3v) is 7.37. The average molecular weight is 445 g/mol. The standard InChI is InChI=1S/C21H24N4O5S/c1-2-15-12-22-21(23-13-15)30-17-4-3-11-24(14-17)31(28,29)18-7-5-16(6-8-18)25-19(26)9-10-20(25)27/h5-8,12-13,17H,2-4,9-11,14H2,1H3. The Labute approximate surface area is 181 Å². The number of carbonyl (C=O) groups excluding carboxylic acids is 2. The number of aryl methyl sites for hydroxylation is 1. The third-order valence-electron chi connectivity index (χ3n) is 5.49. The topological polar surface area (TPSA) is 110 Å². The minimum Gasteiger partial charge on any atom is -0.459 e. The molecule has 2 aliphatic heterocycles. The van der Waals surface area contributed by atoms with E-state index in [0.29, 0.717) is 25.1 Å². The quantitative estimate of drug-likeness (QED) is 0.626. The highest BCUT2D eigenvalue weighted by molar-refractivity contribution is 7.89. The van der Waals surface area contributed by atoms with Crippen LogP contribution in [0.15, 0.2) is 41.6 Å². The molecule has 0 N–H and O–H groups in total. The van der Waals surface area contributed by atoms with Gasteiger partial charge in [-0.25, -0.2) is 18.4 Å². The molecule has 0 radical (unpaired) electrons. The van der Waals surface area contributed by atoms with Crippen molar-refractivity contribution in [1.29, 1.82) is 0 Å². The normalized spacial score (nSPS) is 20.3. The molecule has 2 aliphatic rings. The van der Waals surface area contributed by atoms with Gasteiger partial charge in [0.05, 0.1) is 17.1 Å². The van der Waals surface area contributed by atoms with Crippen LogP contribution in [0.4, 0.5) is 5.69 Å². The van der Waals surface area contributed by atoms with E-state index in [2.05, 4.69) is 9.97 Å². The Balaban J connectivity index is 1.46. The molecule has 1 aromatic carbocycles. The summed E-state index contributed by atoms with van der Waals surface area (Å²) in [5, 5.41) is 0. The van der Waals surface area contributed by atoms with Gasteiger partial charge in [0.2, 0.25) is 21.8 Å². The first-order valence-electron chi connectivity index (χ1n) is 10.3. The molecule has 0 bridgehead atoms. The number of piperidine rings is 1. The van der Waals surface area contributed by atoms with E-state index in [4.69, 9.17) is 4.74 Å². The number of hydrogen-bond donors (Lipinski definition) is 0. The first-order valence-corrected chi connectivity index (χ1v) is 11.8. The maximum Gasteiger partial charge on any atom is 0.316 e. The minimum absolute atomic E-state index is 0.111.